The molecule has 4 nitrogen and oxygen atoms in total. The zero-order valence-corrected chi connectivity index (χ0v) is 13.0. The van der Waals surface area contributed by atoms with E-state index < -0.39 is 0 Å². The van der Waals surface area contributed by atoms with E-state index in [0.29, 0.717) is 6.42 Å². The molecule has 1 N–H and O–H groups in total. The Morgan fingerprint density at radius 3 is 2.41 bits per heavy atom. The number of aromatic nitrogens is 1. The molecular weight excluding hydrogens is 274 g/mol. The third-order valence-electron chi connectivity index (χ3n) is 4.14. The second kappa shape index (κ2) is 6.60. The average molecular weight is 296 g/mol. The number of anilines is 1. The Morgan fingerprint density at radius 2 is 1.77 bits per heavy atom. The highest BCUT2D eigenvalue weighted by molar-refractivity contribution is 5.79. The quantitative estimate of drug-likeness (QED) is 0.864. The molecule has 0 atom stereocenters. The third-order valence-corrected chi connectivity index (χ3v) is 4.14. The van der Waals surface area contributed by atoms with E-state index in [9.17, 15) is 4.79 Å². The Morgan fingerprint density at radius 1 is 1.05 bits per heavy atom. The molecule has 0 aliphatic carbocycles. The number of rotatable bonds is 3. The molecule has 0 unspecified atom stereocenters. The Labute approximate surface area is 131 Å². The van der Waals surface area contributed by atoms with Crippen LogP contribution in [0.25, 0.3) is 0 Å². The number of pyridine rings is 1. The van der Waals surface area contributed by atoms with Crippen molar-refractivity contribution in [3.05, 3.63) is 59.8 Å². The Kier molecular flexibility index (Phi) is 4.37. The van der Waals surface area contributed by atoms with Crippen molar-refractivity contribution >= 4 is 11.7 Å². The van der Waals surface area contributed by atoms with E-state index in [1.54, 1.807) is 0 Å². The summed E-state index contributed by atoms with van der Waals surface area (Å²) in [5.74, 6) is 1.34. The molecule has 0 spiro atoms. The molecule has 114 valence electrons. The lowest BCUT2D eigenvalue weighted by Gasteiger charge is -2.31. The summed E-state index contributed by atoms with van der Waals surface area (Å²) < 4.78 is 0. The molecule has 1 aliphatic rings. The number of piperazine rings is 1. The molecule has 1 aromatic heterocycles. The first-order chi connectivity index (χ1) is 10.7. The lowest BCUT2D eigenvalue weighted by atomic mass is 10.1. The second-order valence-electron chi connectivity index (χ2n) is 5.78. The zero-order valence-electron chi connectivity index (χ0n) is 13.0. The van der Waals surface area contributed by atoms with Crippen LogP contribution in [-0.4, -0.2) is 37.0 Å². The zero-order chi connectivity index (χ0) is 15.4. The summed E-state index contributed by atoms with van der Waals surface area (Å²) in [7, 11) is 0. The molecule has 1 fully saturated rings. The smallest absolute Gasteiger partial charge is 0.274 e. The van der Waals surface area contributed by atoms with E-state index in [1.165, 1.54) is 5.56 Å². The van der Waals surface area contributed by atoms with Gasteiger partial charge < -0.3 is 4.90 Å². The fraction of sp³-hybridized carbons (Fsp3) is 0.333. The SMILES string of the molecule is Cc1ccc(CC(=O)N2CCN(c3cccc[nH+]3)CC2)cc1. The Bertz CT molecular complexity index is 617. The number of carbonyl (C=O) groups excluding carboxylic acids is 1. The van der Waals surface area contributed by atoms with Crippen LogP contribution in [0.4, 0.5) is 5.82 Å². The summed E-state index contributed by atoms with van der Waals surface area (Å²) in [6.45, 7) is 5.38. The van der Waals surface area contributed by atoms with Crippen molar-refractivity contribution in [1.29, 1.82) is 0 Å². The first-order valence-corrected chi connectivity index (χ1v) is 7.77. The molecule has 3 rings (SSSR count). The van der Waals surface area contributed by atoms with Crippen molar-refractivity contribution in [2.45, 2.75) is 13.3 Å². The summed E-state index contributed by atoms with van der Waals surface area (Å²) in [5.41, 5.74) is 2.32. The number of benzene rings is 1. The van der Waals surface area contributed by atoms with Crippen LogP contribution in [0.1, 0.15) is 11.1 Å². The van der Waals surface area contributed by atoms with Gasteiger partial charge in [-0.25, -0.2) is 4.98 Å². The second-order valence-corrected chi connectivity index (χ2v) is 5.78. The van der Waals surface area contributed by atoms with Gasteiger partial charge in [-0.1, -0.05) is 35.9 Å². The number of carbonyl (C=O) groups is 1. The lowest BCUT2D eigenvalue weighted by Crippen LogP contribution is -2.50. The minimum atomic E-state index is 0.223. The maximum atomic E-state index is 12.4. The predicted molar refractivity (Wildman–Crippen MR) is 86.7 cm³/mol. The van der Waals surface area contributed by atoms with Crippen LogP contribution in [0.3, 0.4) is 0 Å². The van der Waals surface area contributed by atoms with Crippen molar-refractivity contribution < 1.29 is 9.78 Å². The minimum Gasteiger partial charge on any atom is -0.335 e. The molecular formula is C18H22N3O+. The van der Waals surface area contributed by atoms with Crippen LogP contribution in [0.15, 0.2) is 48.7 Å². The number of aryl methyl sites for hydroxylation is 1. The molecule has 0 bridgehead atoms. The van der Waals surface area contributed by atoms with E-state index in [-0.39, 0.29) is 5.91 Å². The Balaban J connectivity index is 1.54. The van der Waals surface area contributed by atoms with E-state index in [0.717, 1.165) is 37.6 Å². The van der Waals surface area contributed by atoms with Crippen LogP contribution >= 0.6 is 0 Å². The molecule has 1 aromatic carbocycles. The van der Waals surface area contributed by atoms with Gasteiger partial charge >= 0.3 is 0 Å². The molecule has 2 heterocycles. The van der Waals surface area contributed by atoms with Crippen LogP contribution in [0.5, 0.6) is 0 Å². The van der Waals surface area contributed by atoms with Crippen molar-refractivity contribution in [2.24, 2.45) is 0 Å². The van der Waals surface area contributed by atoms with E-state index in [2.05, 4.69) is 35.0 Å². The van der Waals surface area contributed by atoms with Gasteiger partial charge in [-0.05, 0) is 18.6 Å². The van der Waals surface area contributed by atoms with E-state index in [4.69, 9.17) is 0 Å². The van der Waals surface area contributed by atoms with Gasteiger partial charge in [0, 0.05) is 6.07 Å². The fourth-order valence-electron chi connectivity index (χ4n) is 2.77. The standard InChI is InChI=1S/C18H21N3O/c1-15-5-7-16(8-6-15)14-18(22)21-12-10-20(11-13-21)17-4-2-3-9-19-17/h2-9H,10-14H2,1H3/p+1. The van der Waals surface area contributed by atoms with Crippen LogP contribution < -0.4 is 9.88 Å². The number of H-pyrrole nitrogens is 1. The molecule has 0 saturated carbocycles. The van der Waals surface area contributed by atoms with E-state index >= 15 is 0 Å². The number of amides is 1. The number of aromatic amines is 1. The van der Waals surface area contributed by atoms with Gasteiger partial charge in [0.25, 0.3) is 5.82 Å². The fourth-order valence-corrected chi connectivity index (χ4v) is 2.77. The highest BCUT2D eigenvalue weighted by Gasteiger charge is 2.25. The van der Waals surface area contributed by atoms with Crippen molar-refractivity contribution in [2.75, 3.05) is 31.1 Å². The number of hydrogen-bond acceptors (Lipinski definition) is 2. The maximum Gasteiger partial charge on any atom is 0.274 e. The van der Waals surface area contributed by atoms with Crippen LogP contribution in [0.2, 0.25) is 0 Å². The first-order valence-electron chi connectivity index (χ1n) is 7.77. The summed E-state index contributed by atoms with van der Waals surface area (Å²) in [6, 6.07) is 14.3. The van der Waals surface area contributed by atoms with Gasteiger partial charge in [0.15, 0.2) is 0 Å². The number of hydrogen-bond donors (Lipinski definition) is 0. The topological polar surface area (TPSA) is 37.7 Å². The average Bonchev–Trinajstić information content (AvgIpc) is 2.58. The minimum absolute atomic E-state index is 0.223. The van der Waals surface area contributed by atoms with Crippen molar-refractivity contribution in [3.8, 4) is 0 Å². The van der Waals surface area contributed by atoms with Crippen LogP contribution in [0, 0.1) is 6.92 Å². The number of nitrogens with one attached hydrogen (secondary N) is 1. The van der Waals surface area contributed by atoms with Crippen molar-refractivity contribution in [3.63, 3.8) is 0 Å². The van der Waals surface area contributed by atoms with Gasteiger partial charge in [-0.2, -0.15) is 0 Å². The van der Waals surface area contributed by atoms with Crippen molar-refractivity contribution in [1.82, 2.24) is 4.90 Å². The molecule has 2 aromatic rings. The highest BCUT2D eigenvalue weighted by Crippen LogP contribution is 2.12. The Hall–Kier alpha value is -2.36. The molecule has 1 amide bonds. The highest BCUT2D eigenvalue weighted by atomic mass is 16.2. The number of nitrogens with zero attached hydrogens (tertiary/aromatic N) is 2. The molecule has 1 aliphatic heterocycles. The molecule has 4 heteroatoms. The monoisotopic (exact) mass is 296 g/mol. The van der Waals surface area contributed by atoms with E-state index in [1.807, 2.05) is 35.4 Å². The largest absolute Gasteiger partial charge is 0.335 e. The first kappa shape index (κ1) is 14.6. The van der Waals surface area contributed by atoms with Gasteiger partial charge in [0.1, 0.15) is 13.1 Å². The summed E-state index contributed by atoms with van der Waals surface area (Å²) in [6.07, 6.45) is 2.43. The summed E-state index contributed by atoms with van der Waals surface area (Å²) in [4.78, 5) is 19.9. The molecule has 22 heavy (non-hydrogen) atoms. The summed E-state index contributed by atoms with van der Waals surface area (Å²) >= 11 is 0. The van der Waals surface area contributed by atoms with Gasteiger partial charge in [0.2, 0.25) is 5.91 Å². The lowest BCUT2D eigenvalue weighted by molar-refractivity contribution is -0.364. The van der Waals surface area contributed by atoms with Gasteiger partial charge in [-0.15, -0.1) is 0 Å². The summed E-state index contributed by atoms with van der Waals surface area (Å²) in [5, 5.41) is 0. The third kappa shape index (κ3) is 3.45. The molecule has 0 radical (unpaired) electrons. The van der Waals surface area contributed by atoms with Gasteiger partial charge in [-0.3, -0.25) is 9.69 Å². The normalized spacial score (nSPS) is 15.0. The molecule has 1 saturated heterocycles. The van der Waals surface area contributed by atoms with Crippen LogP contribution in [-0.2, 0) is 11.2 Å². The van der Waals surface area contributed by atoms with Gasteiger partial charge in [0.05, 0.1) is 25.7 Å². The predicted octanol–water partition coefficient (Wildman–Crippen LogP) is 1.70. The maximum absolute atomic E-state index is 12.4.